The van der Waals surface area contributed by atoms with Crippen LogP contribution in [0.4, 0.5) is 5.82 Å². The van der Waals surface area contributed by atoms with Gasteiger partial charge in [-0.15, -0.1) is 0 Å². The number of aryl methyl sites for hydroxylation is 3. The van der Waals surface area contributed by atoms with Crippen molar-refractivity contribution in [3.8, 4) is 5.75 Å². The van der Waals surface area contributed by atoms with E-state index in [1.165, 1.54) is 18.7 Å². The third-order valence-corrected chi connectivity index (χ3v) is 4.46. The van der Waals surface area contributed by atoms with Gasteiger partial charge < -0.3 is 15.0 Å². The fraction of sp³-hybridized carbons (Fsp3) is 0.333. The molecular weight excluding hydrogens is 318 g/mol. The van der Waals surface area contributed by atoms with Crippen molar-refractivity contribution in [3.63, 3.8) is 0 Å². The van der Waals surface area contributed by atoms with E-state index in [9.17, 15) is 9.90 Å². The first-order chi connectivity index (χ1) is 12.1. The van der Waals surface area contributed by atoms with Crippen LogP contribution in [0.25, 0.3) is 11.2 Å². The number of anilines is 1. The van der Waals surface area contributed by atoms with Gasteiger partial charge in [0.25, 0.3) is 5.91 Å². The molecular formula is C18H19N5O2. The molecule has 0 unspecified atom stereocenters. The van der Waals surface area contributed by atoms with Crippen molar-refractivity contribution in [1.29, 1.82) is 0 Å². The lowest BCUT2D eigenvalue weighted by molar-refractivity contribution is 0.102. The Bertz CT molecular complexity index is 963. The summed E-state index contributed by atoms with van der Waals surface area (Å²) in [5, 5.41) is 12.5. The van der Waals surface area contributed by atoms with Gasteiger partial charge in [-0.1, -0.05) is 6.42 Å². The Kier molecular flexibility index (Phi) is 3.83. The number of carbonyl (C=O) groups is 1. The molecule has 0 fully saturated rings. The first kappa shape index (κ1) is 15.6. The second-order valence-corrected chi connectivity index (χ2v) is 6.30. The van der Waals surface area contributed by atoms with Gasteiger partial charge >= 0.3 is 0 Å². The average molecular weight is 337 g/mol. The van der Waals surface area contributed by atoms with E-state index in [4.69, 9.17) is 4.98 Å². The highest BCUT2D eigenvalue weighted by atomic mass is 16.3. The molecule has 0 aliphatic carbocycles. The quantitative estimate of drug-likeness (QED) is 0.750. The molecule has 7 heteroatoms. The van der Waals surface area contributed by atoms with Crippen LogP contribution in [-0.2, 0) is 13.0 Å². The zero-order valence-corrected chi connectivity index (χ0v) is 14.0. The third kappa shape index (κ3) is 2.82. The van der Waals surface area contributed by atoms with Crippen LogP contribution in [0.1, 0.15) is 41.1 Å². The van der Waals surface area contributed by atoms with Crippen LogP contribution in [-0.4, -0.2) is 30.5 Å². The normalized spacial score (nSPS) is 14.1. The molecule has 4 heterocycles. The number of hydrogen-bond acceptors (Lipinski definition) is 5. The molecule has 4 rings (SSSR count). The van der Waals surface area contributed by atoms with Gasteiger partial charge in [-0.2, -0.15) is 0 Å². The minimum atomic E-state index is -0.349. The fourth-order valence-electron chi connectivity index (χ4n) is 3.26. The summed E-state index contributed by atoms with van der Waals surface area (Å²) < 4.78 is 2.13. The molecule has 0 saturated heterocycles. The van der Waals surface area contributed by atoms with Crippen LogP contribution in [0.3, 0.4) is 0 Å². The van der Waals surface area contributed by atoms with Crippen molar-refractivity contribution in [2.24, 2.45) is 0 Å². The Balaban J connectivity index is 1.79. The Hall–Kier alpha value is -2.96. The Labute approximate surface area is 144 Å². The molecule has 1 aliphatic rings. The monoisotopic (exact) mass is 337 g/mol. The highest BCUT2D eigenvalue weighted by Crippen LogP contribution is 2.25. The highest BCUT2D eigenvalue weighted by Gasteiger charge is 2.21. The van der Waals surface area contributed by atoms with Crippen LogP contribution in [0.5, 0.6) is 5.75 Å². The number of hydrogen-bond donors (Lipinski definition) is 2. The number of pyridine rings is 2. The van der Waals surface area contributed by atoms with Crippen molar-refractivity contribution in [1.82, 2.24) is 19.5 Å². The van der Waals surface area contributed by atoms with E-state index in [-0.39, 0.29) is 17.5 Å². The predicted molar refractivity (Wildman–Crippen MR) is 93.7 cm³/mol. The summed E-state index contributed by atoms with van der Waals surface area (Å²) in [6.45, 7) is 2.75. The summed E-state index contributed by atoms with van der Waals surface area (Å²) in [4.78, 5) is 26.1. The molecule has 0 aromatic carbocycles. The average Bonchev–Trinajstić information content (AvgIpc) is 2.78. The van der Waals surface area contributed by atoms with Gasteiger partial charge in [0.2, 0.25) is 0 Å². The molecule has 7 nitrogen and oxygen atoms in total. The van der Waals surface area contributed by atoms with E-state index < -0.39 is 0 Å². The van der Waals surface area contributed by atoms with E-state index in [2.05, 4.69) is 19.9 Å². The number of aromatic hydroxyl groups is 1. The SMILES string of the molecule is Cc1cc(C(=O)Nc2ncccc2O)c2nc3n(c2n1)CCCCC3. The zero-order valence-electron chi connectivity index (χ0n) is 14.0. The lowest BCUT2D eigenvalue weighted by Gasteiger charge is -2.08. The summed E-state index contributed by atoms with van der Waals surface area (Å²) in [5.74, 6) is 0.701. The summed E-state index contributed by atoms with van der Waals surface area (Å²) in [7, 11) is 0. The van der Waals surface area contributed by atoms with Crippen molar-refractivity contribution in [3.05, 3.63) is 41.5 Å². The lowest BCUT2D eigenvalue weighted by atomic mass is 10.2. The predicted octanol–water partition coefficient (Wildman–Crippen LogP) is 2.82. The minimum absolute atomic E-state index is 0.0708. The fourth-order valence-corrected chi connectivity index (χ4v) is 3.26. The standard InChI is InChI=1S/C18H19N5O2/c1-11-10-12(18(25)22-16-13(24)6-5-8-19-16)15-17(20-11)23-9-4-2-3-7-14(23)21-15/h5-6,8,10,24H,2-4,7,9H2,1H3,(H,19,22,25). The summed E-state index contributed by atoms with van der Waals surface area (Å²) in [6.07, 6.45) is 5.80. The zero-order chi connectivity index (χ0) is 17.4. The van der Waals surface area contributed by atoms with Gasteiger partial charge in [0.1, 0.15) is 11.3 Å². The number of nitrogens with zero attached hydrogens (tertiary/aromatic N) is 4. The van der Waals surface area contributed by atoms with Gasteiger partial charge in [0.15, 0.2) is 17.2 Å². The van der Waals surface area contributed by atoms with E-state index in [0.717, 1.165) is 43.0 Å². The molecule has 2 N–H and O–H groups in total. The number of aromatic nitrogens is 4. The minimum Gasteiger partial charge on any atom is -0.504 e. The van der Waals surface area contributed by atoms with Crippen molar-refractivity contribution < 1.29 is 9.90 Å². The van der Waals surface area contributed by atoms with Gasteiger partial charge in [-0.3, -0.25) is 4.79 Å². The highest BCUT2D eigenvalue weighted by molar-refractivity contribution is 6.11. The maximum atomic E-state index is 12.8. The second-order valence-electron chi connectivity index (χ2n) is 6.30. The molecule has 25 heavy (non-hydrogen) atoms. The van der Waals surface area contributed by atoms with Crippen molar-refractivity contribution >= 4 is 22.9 Å². The van der Waals surface area contributed by atoms with Crippen LogP contribution in [0.15, 0.2) is 24.4 Å². The summed E-state index contributed by atoms with van der Waals surface area (Å²) in [5.41, 5.74) is 2.57. The Morgan fingerprint density at radius 2 is 2.16 bits per heavy atom. The maximum Gasteiger partial charge on any atom is 0.259 e. The second kappa shape index (κ2) is 6.16. The number of rotatable bonds is 2. The topological polar surface area (TPSA) is 92.9 Å². The number of amides is 1. The summed E-state index contributed by atoms with van der Waals surface area (Å²) >= 11 is 0. The van der Waals surface area contributed by atoms with Gasteiger partial charge in [0, 0.05) is 24.9 Å². The van der Waals surface area contributed by atoms with Crippen LogP contribution in [0.2, 0.25) is 0 Å². The first-order valence-corrected chi connectivity index (χ1v) is 8.45. The van der Waals surface area contributed by atoms with E-state index in [1.54, 1.807) is 12.1 Å². The third-order valence-electron chi connectivity index (χ3n) is 4.46. The van der Waals surface area contributed by atoms with Gasteiger partial charge in [0.05, 0.1) is 5.56 Å². The molecule has 3 aromatic rings. The van der Waals surface area contributed by atoms with E-state index in [0.29, 0.717) is 11.1 Å². The number of nitrogens with one attached hydrogen (secondary N) is 1. The molecule has 0 saturated carbocycles. The Morgan fingerprint density at radius 1 is 1.28 bits per heavy atom. The molecule has 3 aromatic heterocycles. The van der Waals surface area contributed by atoms with Crippen molar-refractivity contribution in [2.75, 3.05) is 5.32 Å². The van der Waals surface area contributed by atoms with Crippen LogP contribution < -0.4 is 5.32 Å². The smallest absolute Gasteiger partial charge is 0.259 e. The van der Waals surface area contributed by atoms with E-state index >= 15 is 0 Å². The van der Waals surface area contributed by atoms with Gasteiger partial charge in [-0.25, -0.2) is 15.0 Å². The van der Waals surface area contributed by atoms with Crippen LogP contribution >= 0.6 is 0 Å². The maximum absolute atomic E-state index is 12.8. The number of fused-ring (bicyclic) bond motifs is 3. The lowest BCUT2D eigenvalue weighted by Crippen LogP contribution is -2.14. The largest absolute Gasteiger partial charge is 0.504 e. The summed E-state index contributed by atoms with van der Waals surface area (Å²) in [6, 6.07) is 4.81. The van der Waals surface area contributed by atoms with E-state index in [1.807, 2.05) is 6.92 Å². The molecule has 0 radical (unpaired) electrons. The molecule has 0 bridgehead atoms. The molecule has 0 atom stereocenters. The molecule has 1 amide bonds. The first-order valence-electron chi connectivity index (χ1n) is 8.45. The molecule has 1 aliphatic heterocycles. The number of carbonyl (C=O) groups excluding carboxylic acids is 1. The molecule has 128 valence electrons. The molecule has 0 spiro atoms. The van der Waals surface area contributed by atoms with Crippen LogP contribution in [0, 0.1) is 6.92 Å². The van der Waals surface area contributed by atoms with Gasteiger partial charge in [-0.05, 0) is 38.0 Å². The Morgan fingerprint density at radius 3 is 3.00 bits per heavy atom. The van der Waals surface area contributed by atoms with Crippen molar-refractivity contribution in [2.45, 2.75) is 39.2 Å². The number of imidazole rings is 1.